The molecule has 168 valence electrons. The first-order valence-electron chi connectivity index (χ1n) is 12.0. The quantitative estimate of drug-likeness (QED) is 0.647. The van der Waals surface area contributed by atoms with Crippen LogP contribution in [-0.4, -0.2) is 51.0 Å². The molecule has 1 aromatic rings. The fourth-order valence-electron chi connectivity index (χ4n) is 6.84. The summed E-state index contributed by atoms with van der Waals surface area (Å²) in [5.74, 6) is 2.36. The van der Waals surface area contributed by atoms with Gasteiger partial charge in [-0.05, 0) is 81.3 Å². The van der Waals surface area contributed by atoms with E-state index in [1.165, 1.54) is 19.3 Å². The highest BCUT2D eigenvalue weighted by molar-refractivity contribution is 5.85. The van der Waals surface area contributed by atoms with Crippen molar-refractivity contribution in [2.75, 3.05) is 13.1 Å². The SMILES string of the molecule is C=CCN(CC(=O)N(Cc1cccn1C)C1CC1)C(=O)NC12CC3CC(CC(C3)C1)C2. The Morgan fingerprint density at radius 1 is 1.19 bits per heavy atom. The molecule has 0 aromatic carbocycles. The van der Waals surface area contributed by atoms with Gasteiger partial charge >= 0.3 is 6.03 Å². The molecule has 0 atom stereocenters. The second-order valence-electron chi connectivity index (χ2n) is 10.7. The summed E-state index contributed by atoms with van der Waals surface area (Å²) in [4.78, 5) is 30.2. The Morgan fingerprint density at radius 2 is 1.84 bits per heavy atom. The van der Waals surface area contributed by atoms with Crippen molar-refractivity contribution < 1.29 is 9.59 Å². The van der Waals surface area contributed by atoms with Crippen LogP contribution in [0.1, 0.15) is 57.1 Å². The van der Waals surface area contributed by atoms with Crippen molar-refractivity contribution >= 4 is 11.9 Å². The molecule has 0 unspecified atom stereocenters. The Labute approximate surface area is 185 Å². The zero-order chi connectivity index (χ0) is 21.6. The van der Waals surface area contributed by atoms with E-state index in [0.29, 0.717) is 19.1 Å². The molecule has 1 heterocycles. The third-order valence-corrected chi connectivity index (χ3v) is 8.06. The van der Waals surface area contributed by atoms with Crippen molar-refractivity contribution in [1.29, 1.82) is 0 Å². The molecule has 31 heavy (non-hydrogen) atoms. The number of carbonyl (C=O) groups is 2. The lowest BCUT2D eigenvalue weighted by atomic mass is 9.53. The molecule has 6 nitrogen and oxygen atoms in total. The maximum atomic E-state index is 13.3. The molecule has 6 heteroatoms. The number of hydrogen-bond acceptors (Lipinski definition) is 2. The fourth-order valence-corrected chi connectivity index (χ4v) is 6.84. The Hall–Kier alpha value is -2.24. The first kappa shape index (κ1) is 20.7. The molecule has 0 saturated heterocycles. The van der Waals surface area contributed by atoms with Crippen molar-refractivity contribution in [1.82, 2.24) is 19.7 Å². The predicted molar refractivity (Wildman–Crippen MR) is 120 cm³/mol. The van der Waals surface area contributed by atoms with Crippen LogP contribution in [0.15, 0.2) is 31.0 Å². The average Bonchev–Trinajstić information content (AvgIpc) is 3.46. The van der Waals surface area contributed by atoms with Gasteiger partial charge in [0.1, 0.15) is 6.54 Å². The van der Waals surface area contributed by atoms with Crippen molar-refractivity contribution in [2.45, 2.75) is 69.5 Å². The van der Waals surface area contributed by atoms with Gasteiger partial charge in [0, 0.05) is 37.1 Å². The molecule has 0 radical (unpaired) electrons. The van der Waals surface area contributed by atoms with Crippen molar-refractivity contribution in [3.8, 4) is 0 Å². The molecular weight excluding hydrogens is 388 g/mol. The van der Waals surface area contributed by atoms with E-state index in [-0.39, 0.29) is 24.0 Å². The standard InChI is InChI=1S/C25H36N4O2/c1-3-8-28(17-23(30)29(21-6-7-21)16-22-5-4-9-27(22)2)24(31)26-25-13-18-10-19(14-25)12-20(11-18)15-25/h3-5,9,18-21H,1,6-8,10-17H2,2H3,(H,26,31). The molecule has 5 fully saturated rings. The molecule has 1 N–H and O–H groups in total. The van der Waals surface area contributed by atoms with Crippen LogP contribution in [0.3, 0.4) is 0 Å². The van der Waals surface area contributed by atoms with Gasteiger partial charge in [0.2, 0.25) is 5.91 Å². The monoisotopic (exact) mass is 424 g/mol. The second-order valence-corrected chi connectivity index (χ2v) is 10.7. The number of rotatable bonds is 8. The summed E-state index contributed by atoms with van der Waals surface area (Å²) in [5, 5.41) is 3.42. The Kier molecular flexibility index (Phi) is 5.35. The second kappa shape index (κ2) is 8.03. The van der Waals surface area contributed by atoms with Crippen LogP contribution in [0.5, 0.6) is 0 Å². The average molecular weight is 425 g/mol. The zero-order valence-electron chi connectivity index (χ0n) is 18.8. The smallest absolute Gasteiger partial charge is 0.318 e. The summed E-state index contributed by atoms with van der Waals surface area (Å²) < 4.78 is 2.06. The molecule has 0 aliphatic heterocycles. The van der Waals surface area contributed by atoms with Gasteiger partial charge in [-0.2, -0.15) is 0 Å². The summed E-state index contributed by atoms with van der Waals surface area (Å²) in [6.07, 6.45) is 13.2. The fraction of sp³-hybridized carbons (Fsp3) is 0.680. The van der Waals surface area contributed by atoms with Crippen LogP contribution < -0.4 is 5.32 Å². The highest BCUT2D eigenvalue weighted by atomic mass is 16.2. The summed E-state index contributed by atoms with van der Waals surface area (Å²) >= 11 is 0. The lowest BCUT2D eigenvalue weighted by Gasteiger charge is -2.57. The van der Waals surface area contributed by atoms with E-state index >= 15 is 0 Å². The van der Waals surface area contributed by atoms with Gasteiger partial charge in [0.15, 0.2) is 0 Å². The molecule has 6 rings (SSSR count). The van der Waals surface area contributed by atoms with Gasteiger partial charge in [-0.25, -0.2) is 4.79 Å². The molecule has 1 aromatic heterocycles. The number of urea groups is 1. The first-order chi connectivity index (χ1) is 14.9. The molecule has 5 aliphatic rings. The topological polar surface area (TPSA) is 57.6 Å². The Bertz CT molecular complexity index is 820. The third kappa shape index (κ3) is 4.26. The van der Waals surface area contributed by atoms with Crippen LogP contribution in [0.25, 0.3) is 0 Å². The van der Waals surface area contributed by atoms with Crippen molar-refractivity contribution in [3.05, 3.63) is 36.7 Å². The van der Waals surface area contributed by atoms with Gasteiger partial charge in [0.05, 0.1) is 6.54 Å². The Morgan fingerprint density at radius 3 is 2.35 bits per heavy atom. The number of nitrogens with one attached hydrogen (secondary N) is 1. The lowest BCUT2D eigenvalue weighted by Crippen LogP contribution is -2.62. The zero-order valence-corrected chi connectivity index (χ0v) is 18.8. The molecule has 3 amide bonds. The van der Waals surface area contributed by atoms with E-state index in [2.05, 4.69) is 22.5 Å². The van der Waals surface area contributed by atoms with Gasteiger partial charge in [-0.15, -0.1) is 6.58 Å². The highest BCUT2D eigenvalue weighted by Gasteiger charge is 2.52. The lowest BCUT2D eigenvalue weighted by molar-refractivity contribution is -0.133. The normalized spacial score (nSPS) is 30.8. The number of aryl methyl sites for hydroxylation is 1. The van der Waals surface area contributed by atoms with E-state index in [0.717, 1.165) is 55.6 Å². The molecule has 4 bridgehead atoms. The number of aromatic nitrogens is 1. The van der Waals surface area contributed by atoms with E-state index in [4.69, 9.17) is 0 Å². The molecule has 5 saturated carbocycles. The molecular formula is C25H36N4O2. The maximum absolute atomic E-state index is 13.3. The van der Waals surface area contributed by atoms with Crippen LogP contribution in [0.4, 0.5) is 4.79 Å². The van der Waals surface area contributed by atoms with Crippen LogP contribution in [0, 0.1) is 17.8 Å². The number of amides is 3. The van der Waals surface area contributed by atoms with Gasteiger partial charge in [-0.1, -0.05) is 6.08 Å². The minimum atomic E-state index is -0.0928. The Balaban J connectivity index is 1.25. The van der Waals surface area contributed by atoms with Crippen molar-refractivity contribution in [2.24, 2.45) is 24.8 Å². The first-order valence-corrected chi connectivity index (χ1v) is 12.0. The predicted octanol–water partition coefficient (Wildman–Crippen LogP) is 3.68. The minimum Gasteiger partial charge on any atom is -0.353 e. The number of carbonyl (C=O) groups excluding carboxylic acids is 2. The van der Waals surface area contributed by atoms with E-state index in [1.54, 1.807) is 11.0 Å². The van der Waals surface area contributed by atoms with Crippen LogP contribution in [0.2, 0.25) is 0 Å². The van der Waals surface area contributed by atoms with Gasteiger partial charge < -0.3 is 19.7 Å². The summed E-state index contributed by atoms with van der Waals surface area (Å²) in [6, 6.07) is 4.28. The van der Waals surface area contributed by atoms with Gasteiger partial charge in [0.25, 0.3) is 0 Å². The highest BCUT2D eigenvalue weighted by Crippen LogP contribution is 2.55. The van der Waals surface area contributed by atoms with E-state index < -0.39 is 0 Å². The summed E-state index contributed by atoms with van der Waals surface area (Å²) in [5.41, 5.74) is 1.07. The number of nitrogens with zero attached hydrogens (tertiary/aromatic N) is 3. The summed E-state index contributed by atoms with van der Waals surface area (Å²) in [7, 11) is 2.01. The maximum Gasteiger partial charge on any atom is 0.318 e. The van der Waals surface area contributed by atoms with E-state index in [1.807, 2.05) is 24.2 Å². The largest absolute Gasteiger partial charge is 0.353 e. The van der Waals surface area contributed by atoms with Crippen LogP contribution in [-0.2, 0) is 18.4 Å². The van der Waals surface area contributed by atoms with Gasteiger partial charge in [-0.3, -0.25) is 4.79 Å². The minimum absolute atomic E-state index is 0.0335. The molecule has 0 spiro atoms. The summed E-state index contributed by atoms with van der Waals surface area (Å²) in [6.45, 7) is 4.95. The molecule has 5 aliphatic carbocycles. The van der Waals surface area contributed by atoms with E-state index in [9.17, 15) is 9.59 Å². The van der Waals surface area contributed by atoms with Crippen LogP contribution >= 0.6 is 0 Å². The number of hydrogen-bond donors (Lipinski definition) is 1. The van der Waals surface area contributed by atoms with Crippen molar-refractivity contribution in [3.63, 3.8) is 0 Å². The third-order valence-electron chi connectivity index (χ3n) is 8.06.